The van der Waals surface area contributed by atoms with Gasteiger partial charge in [-0.15, -0.1) is 11.3 Å². The lowest BCUT2D eigenvalue weighted by atomic mass is 9.93. The quantitative estimate of drug-likeness (QED) is 0.653. The minimum absolute atomic E-state index is 0.813. The van der Waals surface area contributed by atoms with Crippen molar-refractivity contribution in [3.05, 3.63) is 58.0 Å². The minimum Gasteiger partial charge on any atom is -0.495 e. The molecule has 0 bridgehead atoms. The average molecular weight is 338 g/mol. The Kier molecular flexibility index (Phi) is 4.58. The topological polar surface area (TPSA) is 34.1 Å². The SMILES string of the molecule is COc1ccccc1Nc1nc(-c2c(C)c(C)cc(C)c2C)cs1. The molecule has 0 fully saturated rings. The van der Waals surface area contributed by atoms with Gasteiger partial charge in [0.05, 0.1) is 18.5 Å². The van der Waals surface area contributed by atoms with Gasteiger partial charge in [0.2, 0.25) is 0 Å². The van der Waals surface area contributed by atoms with E-state index in [0.29, 0.717) is 0 Å². The van der Waals surface area contributed by atoms with Gasteiger partial charge in [-0.25, -0.2) is 4.98 Å². The van der Waals surface area contributed by atoms with Crippen LogP contribution in [0.25, 0.3) is 11.3 Å². The molecule has 1 N–H and O–H groups in total. The number of aryl methyl sites for hydroxylation is 2. The van der Waals surface area contributed by atoms with E-state index in [0.717, 1.165) is 22.3 Å². The van der Waals surface area contributed by atoms with Crippen molar-refractivity contribution in [2.75, 3.05) is 12.4 Å². The van der Waals surface area contributed by atoms with Crippen LogP contribution in [0.5, 0.6) is 5.75 Å². The summed E-state index contributed by atoms with van der Waals surface area (Å²) in [5.41, 5.74) is 8.41. The van der Waals surface area contributed by atoms with Crippen molar-refractivity contribution >= 4 is 22.2 Å². The Morgan fingerprint density at radius 1 is 1.00 bits per heavy atom. The molecule has 0 saturated carbocycles. The van der Waals surface area contributed by atoms with Crippen LogP contribution in [0.2, 0.25) is 0 Å². The third-order valence-corrected chi connectivity index (χ3v) is 5.23. The minimum atomic E-state index is 0.813. The first-order chi connectivity index (χ1) is 11.5. The van der Waals surface area contributed by atoms with E-state index in [2.05, 4.69) is 44.5 Å². The number of rotatable bonds is 4. The Morgan fingerprint density at radius 3 is 2.33 bits per heavy atom. The maximum Gasteiger partial charge on any atom is 0.187 e. The molecule has 3 rings (SSSR count). The van der Waals surface area contributed by atoms with E-state index in [1.165, 1.54) is 27.8 Å². The first kappa shape index (κ1) is 16.5. The van der Waals surface area contributed by atoms with Crippen LogP contribution in [0, 0.1) is 27.7 Å². The average Bonchev–Trinajstić information content (AvgIpc) is 3.02. The van der Waals surface area contributed by atoms with E-state index in [9.17, 15) is 0 Å². The molecule has 0 amide bonds. The largest absolute Gasteiger partial charge is 0.495 e. The number of anilines is 2. The molecule has 0 atom stereocenters. The van der Waals surface area contributed by atoms with Crippen molar-refractivity contribution in [2.24, 2.45) is 0 Å². The summed E-state index contributed by atoms with van der Waals surface area (Å²) in [6, 6.07) is 10.1. The summed E-state index contributed by atoms with van der Waals surface area (Å²) in [4.78, 5) is 4.81. The monoisotopic (exact) mass is 338 g/mol. The predicted octanol–water partition coefficient (Wildman–Crippen LogP) is 5.80. The summed E-state index contributed by atoms with van der Waals surface area (Å²) in [6.07, 6.45) is 0. The number of nitrogens with zero attached hydrogens (tertiary/aromatic N) is 1. The first-order valence-electron chi connectivity index (χ1n) is 7.94. The van der Waals surface area contributed by atoms with Crippen molar-refractivity contribution in [1.82, 2.24) is 4.98 Å². The van der Waals surface area contributed by atoms with Crippen molar-refractivity contribution in [3.63, 3.8) is 0 Å². The summed E-state index contributed by atoms with van der Waals surface area (Å²) in [5.74, 6) is 0.813. The fraction of sp³-hybridized carbons (Fsp3) is 0.250. The number of aromatic nitrogens is 1. The standard InChI is InChI=1S/C20H22N2OS/c1-12-10-13(2)15(4)19(14(12)3)17-11-24-20(22-17)21-16-8-6-7-9-18(16)23-5/h6-11H,1-5H3,(H,21,22). The molecular formula is C20H22N2OS. The Balaban J connectivity index is 1.98. The maximum absolute atomic E-state index is 5.39. The second-order valence-corrected chi connectivity index (χ2v) is 6.86. The molecule has 124 valence electrons. The van der Waals surface area contributed by atoms with E-state index in [-0.39, 0.29) is 0 Å². The predicted molar refractivity (Wildman–Crippen MR) is 103 cm³/mol. The van der Waals surface area contributed by atoms with Crippen molar-refractivity contribution in [2.45, 2.75) is 27.7 Å². The van der Waals surface area contributed by atoms with Gasteiger partial charge in [0.15, 0.2) is 5.13 Å². The van der Waals surface area contributed by atoms with E-state index in [4.69, 9.17) is 9.72 Å². The van der Waals surface area contributed by atoms with Gasteiger partial charge in [-0.3, -0.25) is 0 Å². The Hall–Kier alpha value is -2.33. The smallest absolute Gasteiger partial charge is 0.187 e. The highest BCUT2D eigenvalue weighted by atomic mass is 32.1. The van der Waals surface area contributed by atoms with Crippen molar-refractivity contribution in [1.29, 1.82) is 0 Å². The molecule has 0 aliphatic carbocycles. The third-order valence-electron chi connectivity index (χ3n) is 4.47. The molecule has 1 heterocycles. The van der Waals surface area contributed by atoms with Gasteiger partial charge < -0.3 is 10.1 Å². The fourth-order valence-corrected chi connectivity index (χ4v) is 3.62. The van der Waals surface area contributed by atoms with Gasteiger partial charge in [-0.05, 0) is 62.1 Å². The molecule has 0 aliphatic heterocycles. The number of hydrogen-bond donors (Lipinski definition) is 1. The second kappa shape index (κ2) is 6.65. The third kappa shape index (κ3) is 3.02. The van der Waals surface area contributed by atoms with Crippen LogP contribution in [0.4, 0.5) is 10.8 Å². The number of thiazole rings is 1. The van der Waals surface area contributed by atoms with Crippen LogP contribution in [0.1, 0.15) is 22.3 Å². The van der Waals surface area contributed by atoms with E-state index in [1.807, 2.05) is 24.3 Å². The lowest BCUT2D eigenvalue weighted by molar-refractivity contribution is 0.417. The highest BCUT2D eigenvalue weighted by molar-refractivity contribution is 7.14. The molecule has 1 aromatic heterocycles. The van der Waals surface area contributed by atoms with Gasteiger partial charge in [0, 0.05) is 10.9 Å². The molecular weight excluding hydrogens is 316 g/mol. The molecule has 0 radical (unpaired) electrons. The van der Waals surface area contributed by atoms with Crippen LogP contribution >= 0.6 is 11.3 Å². The lowest BCUT2D eigenvalue weighted by Crippen LogP contribution is -1.96. The molecule has 4 heteroatoms. The van der Waals surface area contributed by atoms with Crippen LogP contribution in [0.3, 0.4) is 0 Å². The Labute approximate surface area is 147 Å². The molecule has 24 heavy (non-hydrogen) atoms. The molecule has 3 nitrogen and oxygen atoms in total. The summed E-state index contributed by atoms with van der Waals surface area (Å²) < 4.78 is 5.39. The van der Waals surface area contributed by atoms with Gasteiger partial charge in [-0.2, -0.15) is 0 Å². The van der Waals surface area contributed by atoms with Crippen LogP contribution in [0.15, 0.2) is 35.7 Å². The molecule has 0 unspecified atom stereocenters. The van der Waals surface area contributed by atoms with Crippen LogP contribution in [-0.4, -0.2) is 12.1 Å². The number of hydrogen-bond acceptors (Lipinski definition) is 4. The van der Waals surface area contributed by atoms with Gasteiger partial charge >= 0.3 is 0 Å². The van der Waals surface area contributed by atoms with Crippen molar-refractivity contribution in [3.8, 4) is 17.0 Å². The van der Waals surface area contributed by atoms with Gasteiger partial charge in [0.1, 0.15) is 5.75 Å². The van der Waals surface area contributed by atoms with E-state index < -0.39 is 0 Å². The highest BCUT2D eigenvalue weighted by Crippen LogP contribution is 2.35. The van der Waals surface area contributed by atoms with Gasteiger partial charge in [-0.1, -0.05) is 18.2 Å². The summed E-state index contributed by atoms with van der Waals surface area (Å²) >= 11 is 1.61. The van der Waals surface area contributed by atoms with E-state index >= 15 is 0 Å². The fourth-order valence-electron chi connectivity index (χ4n) is 2.91. The molecule has 2 aromatic carbocycles. The molecule has 3 aromatic rings. The number of nitrogens with one attached hydrogen (secondary N) is 1. The maximum atomic E-state index is 5.39. The Morgan fingerprint density at radius 2 is 1.67 bits per heavy atom. The van der Waals surface area contributed by atoms with Gasteiger partial charge in [0.25, 0.3) is 0 Å². The second-order valence-electron chi connectivity index (χ2n) is 6.00. The number of ether oxygens (including phenoxy) is 1. The summed E-state index contributed by atoms with van der Waals surface area (Å²) in [7, 11) is 1.68. The summed E-state index contributed by atoms with van der Waals surface area (Å²) in [6.45, 7) is 8.66. The lowest BCUT2D eigenvalue weighted by Gasteiger charge is -2.13. The number of benzene rings is 2. The summed E-state index contributed by atoms with van der Waals surface area (Å²) in [5, 5.41) is 6.35. The number of methoxy groups -OCH3 is 1. The molecule has 0 saturated heterocycles. The highest BCUT2D eigenvalue weighted by Gasteiger charge is 2.14. The zero-order valence-corrected chi connectivity index (χ0v) is 15.5. The van der Waals surface area contributed by atoms with E-state index in [1.54, 1.807) is 18.4 Å². The molecule has 0 spiro atoms. The normalized spacial score (nSPS) is 10.7. The van der Waals surface area contributed by atoms with Crippen molar-refractivity contribution < 1.29 is 4.74 Å². The zero-order chi connectivity index (χ0) is 17.3. The van der Waals surface area contributed by atoms with Crippen LogP contribution in [-0.2, 0) is 0 Å². The first-order valence-corrected chi connectivity index (χ1v) is 8.82. The van der Waals surface area contributed by atoms with Crippen LogP contribution < -0.4 is 10.1 Å². The number of para-hydroxylation sites is 2. The molecule has 0 aliphatic rings. The zero-order valence-electron chi connectivity index (χ0n) is 14.7. The Bertz CT molecular complexity index is 857.